The van der Waals surface area contributed by atoms with Crippen molar-refractivity contribution in [2.24, 2.45) is 0 Å². The van der Waals surface area contributed by atoms with Crippen molar-refractivity contribution in [2.75, 3.05) is 5.32 Å². The van der Waals surface area contributed by atoms with E-state index in [0.717, 1.165) is 18.2 Å². The first-order valence-corrected chi connectivity index (χ1v) is 5.09. The number of nitriles is 1. The summed E-state index contributed by atoms with van der Waals surface area (Å²) >= 11 is 0. The molecule has 2 aromatic rings. The van der Waals surface area contributed by atoms with Crippen LogP contribution < -0.4 is 5.32 Å². The summed E-state index contributed by atoms with van der Waals surface area (Å²) in [5.74, 6) is -0.628. The molecular formula is C12H8F2N4. The van der Waals surface area contributed by atoms with Crippen LogP contribution in [0.2, 0.25) is 0 Å². The molecule has 0 spiro atoms. The lowest BCUT2D eigenvalue weighted by Gasteiger charge is -2.06. The van der Waals surface area contributed by atoms with E-state index in [2.05, 4.69) is 15.3 Å². The molecule has 0 fully saturated rings. The lowest BCUT2D eigenvalue weighted by atomic mass is 10.2. The van der Waals surface area contributed by atoms with Crippen LogP contribution in [0.5, 0.6) is 0 Å². The van der Waals surface area contributed by atoms with E-state index in [1.54, 1.807) is 0 Å². The van der Waals surface area contributed by atoms with Gasteiger partial charge in [-0.1, -0.05) is 0 Å². The van der Waals surface area contributed by atoms with Gasteiger partial charge in [0.1, 0.15) is 35.5 Å². The average Bonchev–Trinajstić information content (AvgIpc) is 2.40. The topological polar surface area (TPSA) is 61.6 Å². The zero-order chi connectivity index (χ0) is 13.0. The number of hydrogen-bond acceptors (Lipinski definition) is 4. The van der Waals surface area contributed by atoms with Gasteiger partial charge in [-0.25, -0.2) is 18.7 Å². The van der Waals surface area contributed by atoms with Gasteiger partial charge in [0.25, 0.3) is 0 Å². The van der Waals surface area contributed by atoms with E-state index in [-0.39, 0.29) is 17.8 Å². The average molecular weight is 246 g/mol. The van der Waals surface area contributed by atoms with Crippen LogP contribution in [0.15, 0.2) is 30.6 Å². The molecule has 4 nitrogen and oxygen atoms in total. The Bertz CT molecular complexity index is 607. The molecule has 0 atom stereocenters. The number of halogens is 2. The lowest BCUT2D eigenvalue weighted by molar-refractivity contribution is 0.587. The van der Waals surface area contributed by atoms with Gasteiger partial charge in [-0.15, -0.1) is 0 Å². The number of hydrogen-bond donors (Lipinski definition) is 1. The third kappa shape index (κ3) is 2.77. The highest BCUT2D eigenvalue weighted by Gasteiger charge is 2.04. The SMILES string of the molecule is N#Cc1cc(NCc2cc(F)ccc2F)ncn1. The molecule has 0 aliphatic heterocycles. The molecule has 18 heavy (non-hydrogen) atoms. The summed E-state index contributed by atoms with van der Waals surface area (Å²) in [5.41, 5.74) is 0.388. The highest BCUT2D eigenvalue weighted by Crippen LogP contribution is 2.12. The van der Waals surface area contributed by atoms with Crippen LogP contribution in [-0.4, -0.2) is 9.97 Å². The third-order valence-corrected chi connectivity index (χ3v) is 2.25. The van der Waals surface area contributed by atoms with Crippen LogP contribution in [-0.2, 0) is 6.54 Å². The zero-order valence-electron chi connectivity index (χ0n) is 9.19. The fourth-order valence-electron chi connectivity index (χ4n) is 1.38. The van der Waals surface area contributed by atoms with E-state index >= 15 is 0 Å². The van der Waals surface area contributed by atoms with Crippen molar-refractivity contribution in [1.29, 1.82) is 5.26 Å². The van der Waals surface area contributed by atoms with Gasteiger partial charge in [0.15, 0.2) is 0 Å². The number of rotatable bonds is 3. The molecule has 1 heterocycles. The largest absolute Gasteiger partial charge is 0.366 e. The number of nitrogens with zero attached hydrogens (tertiary/aromatic N) is 3. The van der Waals surface area contributed by atoms with Crippen LogP contribution in [0.25, 0.3) is 0 Å². The summed E-state index contributed by atoms with van der Waals surface area (Å²) < 4.78 is 26.3. The predicted octanol–water partition coefficient (Wildman–Crippen LogP) is 2.24. The molecule has 1 aromatic heterocycles. The Morgan fingerprint density at radius 3 is 2.83 bits per heavy atom. The van der Waals surface area contributed by atoms with E-state index in [9.17, 15) is 8.78 Å². The molecule has 0 aliphatic carbocycles. The second-order valence-electron chi connectivity index (χ2n) is 3.49. The van der Waals surface area contributed by atoms with Crippen molar-refractivity contribution in [3.63, 3.8) is 0 Å². The fraction of sp³-hybridized carbons (Fsp3) is 0.0833. The Hall–Kier alpha value is -2.55. The summed E-state index contributed by atoms with van der Waals surface area (Å²) in [6.45, 7) is 0.0749. The molecule has 0 bridgehead atoms. The van der Waals surface area contributed by atoms with Crippen LogP contribution in [0, 0.1) is 23.0 Å². The number of benzene rings is 1. The van der Waals surface area contributed by atoms with Crippen molar-refractivity contribution in [3.8, 4) is 6.07 Å². The molecule has 1 N–H and O–H groups in total. The summed E-state index contributed by atoms with van der Waals surface area (Å²) in [6.07, 6.45) is 1.23. The molecule has 90 valence electrons. The molecular weight excluding hydrogens is 238 g/mol. The first-order valence-electron chi connectivity index (χ1n) is 5.09. The molecule has 0 unspecified atom stereocenters. The monoisotopic (exact) mass is 246 g/mol. The predicted molar refractivity (Wildman–Crippen MR) is 60.4 cm³/mol. The second-order valence-corrected chi connectivity index (χ2v) is 3.49. The maximum Gasteiger partial charge on any atom is 0.145 e. The molecule has 0 amide bonds. The van der Waals surface area contributed by atoms with Gasteiger partial charge in [-0.2, -0.15) is 5.26 Å². The lowest BCUT2D eigenvalue weighted by Crippen LogP contribution is -2.04. The highest BCUT2D eigenvalue weighted by molar-refractivity contribution is 5.39. The Morgan fingerprint density at radius 1 is 1.22 bits per heavy atom. The number of nitrogens with one attached hydrogen (secondary N) is 1. The van der Waals surface area contributed by atoms with Gasteiger partial charge in [0, 0.05) is 18.2 Å². The quantitative estimate of drug-likeness (QED) is 0.902. The highest BCUT2D eigenvalue weighted by atomic mass is 19.1. The minimum atomic E-state index is -0.506. The summed E-state index contributed by atoms with van der Waals surface area (Å²) in [6, 6.07) is 6.51. The van der Waals surface area contributed by atoms with Crippen LogP contribution in [0.1, 0.15) is 11.3 Å². The van der Waals surface area contributed by atoms with Gasteiger partial charge in [-0.3, -0.25) is 0 Å². The fourth-order valence-corrected chi connectivity index (χ4v) is 1.38. The summed E-state index contributed by atoms with van der Waals surface area (Å²) in [7, 11) is 0. The van der Waals surface area contributed by atoms with Gasteiger partial charge >= 0.3 is 0 Å². The maximum atomic E-state index is 13.3. The summed E-state index contributed by atoms with van der Waals surface area (Å²) in [4.78, 5) is 7.56. The normalized spacial score (nSPS) is 9.83. The van der Waals surface area contributed by atoms with Crippen LogP contribution in [0.4, 0.5) is 14.6 Å². The molecule has 6 heteroatoms. The Morgan fingerprint density at radius 2 is 2.06 bits per heavy atom. The van der Waals surface area contributed by atoms with Crippen molar-refractivity contribution in [1.82, 2.24) is 9.97 Å². The first-order chi connectivity index (χ1) is 8.69. The van der Waals surface area contributed by atoms with Crippen molar-refractivity contribution in [2.45, 2.75) is 6.54 Å². The Kier molecular flexibility index (Phi) is 3.44. The molecule has 0 saturated carbocycles. The van der Waals surface area contributed by atoms with Crippen LogP contribution >= 0.6 is 0 Å². The number of aromatic nitrogens is 2. The van der Waals surface area contributed by atoms with Crippen molar-refractivity contribution in [3.05, 3.63) is 53.5 Å². The van der Waals surface area contributed by atoms with Crippen LogP contribution in [0.3, 0.4) is 0 Å². The van der Waals surface area contributed by atoms with E-state index in [0.29, 0.717) is 5.82 Å². The van der Waals surface area contributed by atoms with E-state index in [1.165, 1.54) is 12.4 Å². The van der Waals surface area contributed by atoms with Crippen molar-refractivity contribution >= 4 is 5.82 Å². The zero-order valence-corrected chi connectivity index (χ0v) is 9.19. The van der Waals surface area contributed by atoms with Crippen molar-refractivity contribution < 1.29 is 8.78 Å². The van der Waals surface area contributed by atoms with E-state index in [1.807, 2.05) is 6.07 Å². The van der Waals surface area contributed by atoms with E-state index in [4.69, 9.17) is 5.26 Å². The van der Waals surface area contributed by atoms with E-state index < -0.39 is 11.6 Å². The third-order valence-electron chi connectivity index (χ3n) is 2.25. The standard InChI is InChI=1S/C12H8F2N4/c13-9-1-2-11(14)8(3-9)6-16-12-4-10(5-15)17-7-18-12/h1-4,7H,6H2,(H,16,17,18). The van der Waals surface area contributed by atoms with Gasteiger partial charge < -0.3 is 5.32 Å². The van der Waals surface area contributed by atoms with Gasteiger partial charge in [-0.05, 0) is 18.2 Å². The molecule has 0 radical (unpaired) electrons. The summed E-state index contributed by atoms with van der Waals surface area (Å²) in [5, 5.41) is 11.4. The van der Waals surface area contributed by atoms with Gasteiger partial charge in [0.05, 0.1) is 0 Å². The second kappa shape index (κ2) is 5.19. The smallest absolute Gasteiger partial charge is 0.145 e. The molecule has 0 saturated heterocycles. The van der Waals surface area contributed by atoms with Gasteiger partial charge in [0.2, 0.25) is 0 Å². The Labute approximate surface area is 102 Å². The molecule has 2 rings (SSSR count). The number of anilines is 1. The molecule has 0 aliphatic rings. The molecule has 1 aromatic carbocycles. The maximum absolute atomic E-state index is 13.3. The first kappa shape index (κ1) is 11.9. The minimum absolute atomic E-state index is 0.0749. The Balaban J connectivity index is 2.11. The minimum Gasteiger partial charge on any atom is -0.366 e.